The van der Waals surface area contributed by atoms with Crippen LogP contribution in [0.5, 0.6) is 0 Å². The van der Waals surface area contributed by atoms with E-state index in [4.69, 9.17) is 4.74 Å². The van der Waals surface area contributed by atoms with E-state index in [0.29, 0.717) is 18.6 Å². The zero-order valence-electron chi connectivity index (χ0n) is 8.92. The molecular formula is C10H17NO3. The van der Waals surface area contributed by atoms with E-state index in [2.05, 4.69) is 11.9 Å². The Hall–Kier alpha value is -1.32. The number of ether oxygens (including phenoxy) is 1. The van der Waals surface area contributed by atoms with Crippen LogP contribution in [0.3, 0.4) is 0 Å². The van der Waals surface area contributed by atoms with E-state index in [-0.39, 0.29) is 17.9 Å². The second kappa shape index (κ2) is 6.18. The third kappa shape index (κ3) is 6.22. The quantitative estimate of drug-likeness (QED) is 0.531. The van der Waals surface area contributed by atoms with E-state index in [1.54, 1.807) is 6.92 Å². The fourth-order valence-electron chi connectivity index (χ4n) is 0.871. The van der Waals surface area contributed by atoms with E-state index in [9.17, 15) is 9.59 Å². The Labute approximate surface area is 84.3 Å². The first kappa shape index (κ1) is 12.7. The van der Waals surface area contributed by atoms with Gasteiger partial charge in [-0.2, -0.15) is 0 Å². The lowest BCUT2D eigenvalue weighted by Gasteiger charge is -2.12. The Morgan fingerprint density at radius 3 is 2.43 bits per heavy atom. The van der Waals surface area contributed by atoms with Gasteiger partial charge in [-0.1, -0.05) is 6.58 Å². The molecule has 0 saturated heterocycles. The number of amides is 1. The van der Waals surface area contributed by atoms with Crippen molar-refractivity contribution in [1.82, 2.24) is 5.32 Å². The molecule has 0 aromatic carbocycles. The number of carbonyl (C=O) groups excluding carboxylic acids is 2. The predicted octanol–water partition coefficient (Wildman–Crippen LogP) is 1.02. The topological polar surface area (TPSA) is 55.4 Å². The van der Waals surface area contributed by atoms with Crippen LogP contribution < -0.4 is 5.32 Å². The van der Waals surface area contributed by atoms with Crippen LogP contribution in [0.4, 0.5) is 0 Å². The molecule has 4 heteroatoms. The van der Waals surface area contributed by atoms with Crippen molar-refractivity contribution in [2.45, 2.75) is 33.2 Å². The monoisotopic (exact) mass is 199 g/mol. The summed E-state index contributed by atoms with van der Waals surface area (Å²) in [6.07, 6.45) is 0.610. The summed E-state index contributed by atoms with van der Waals surface area (Å²) >= 11 is 0. The Morgan fingerprint density at radius 1 is 1.43 bits per heavy atom. The molecule has 1 atom stereocenters. The van der Waals surface area contributed by atoms with Gasteiger partial charge < -0.3 is 10.1 Å². The summed E-state index contributed by atoms with van der Waals surface area (Å²) < 4.78 is 4.87. The molecule has 0 aliphatic rings. The summed E-state index contributed by atoms with van der Waals surface area (Å²) in [4.78, 5) is 21.6. The average Bonchev–Trinajstić information content (AvgIpc) is 2.02. The molecule has 0 aromatic heterocycles. The van der Waals surface area contributed by atoms with Gasteiger partial charge in [0.25, 0.3) is 0 Å². The van der Waals surface area contributed by atoms with Crippen LogP contribution in [0.15, 0.2) is 12.2 Å². The largest absolute Gasteiger partial charge is 0.462 e. The van der Waals surface area contributed by atoms with Gasteiger partial charge in [-0.05, 0) is 13.8 Å². The van der Waals surface area contributed by atoms with Gasteiger partial charge in [-0.25, -0.2) is 4.79 Å². The molecule has 1 unspecified atom stereocenters. The smallest absolute Gasteiger partial charge is 0.333 e. The molecule has 0 rings (SSSR count). The Morgan fingerprint density at radius 2 is 2.00 bits per heavy atom. The lowest BCUT2D eigenvalue weighted by molar-refractivity contribution is -0.139. The Bertz CT molecular complexity index is 236. The van der Waals surface area contributed by atoms with Crippen molar-refractivity contribution in [3.63, 3.8) is 0 Å². The van der Waals surface area contributed by atoms with Crippen molar-refractivity contribution >= 4 is 11.9 Å². The van der Waals surface area contributed by atoms with Crippen LogP contribution in [0.25, 0.3) is 0 Å². The van der Waals surface area contributed by atoms with Crippen molar-refractivity contribution in [2.75, 3.05) is 6.61 Å². The molecule has 0 heterocycles. The fourth-order valence-corrected chi connectivity index (χ4v) is 0.871. The van der Waals surface area contributed by atoms with Gasteiger partial charge in [0.05, 0.1) is 6.61 Å². The maximum Gasteiger partial charge on any atom is 0.333 e. The van der Waals surface area contributed by atoms with Crippen LogP contribution in [0.1, 0.15) is 27.2 Å². The van der Waals surface area contributed by atoms with Crippen molar-refractivity contribution in [3.8, 4) is 0 Å². The number of esters is 1. The summed E-state index contributed by atoms with van der Waals surface area (Å²) in [7, 11) is 0. The van der Waals surface area contributed by atoms with Crippen molar-refractivity contribution < 1.29 is 14.3 Å². The second-order valence-electron chi connectivity index (χ2n) is 3.31. The van der Waals surface area contributed by atoms with Gasteiger partial charge in [0.15, 0.2) is 0 Å². The molecule has 0 aromatic rings. The first-order valence-electron chi connectivity index (χ1n) is 4.53. The van der Waals surface area contributed by atoms with Crippen LogP contribution >= 0.6 is 0 Å². The molecule has 0 aliphatic carbocycles. The standard InChI is InChI=1S/C10H17NO3/c1-7(2)10(13)14-6-5-8(3)11-9(4)12/h8H,1,5-6H2,2-4H3,(H,11,12). The van der Waals surface area contributed by atoms with Crippen molar-refractivity contribution in [3.05, 3.63) is 12.2 Å². The minimum absolute atomic E-state index is 0.0189. The Kier molecular flexibility index (Phi) is 5.60. The maximum absolute atomic E-state index is 10.9. The number of hydrogen-bond donors (Lipinski definition) is 1. The molecule has 80 valence electrons. The molecule has 1 N–H and O–H groups in total. The molecule has 0 radical (unpaired) electrons. The second-order valence-corrected chi connectivity index (χ2v) is 3.31. The summed E-state index contributed by atoms with van der Waals surface area (Å²) in [6, 6.07) is 0.0189. The minimum atomic E-state index is -0.389. The van der Waals surface area contributed by atoms with Crippen LogP contribution in [0.2, 0.25) is 0 Å². The minimum Gasteiger partial charge on any atom is -0.462 e. The number of carbonyl (C=O) groups is 2. The molecule has 4 nitrogen and oxygen atoms in total. The maximum atomic E-state index is 10.9. The van der Waals surface area contributed by atoms with Gasteiger partial charge in [-0.3, -0.25) is 4.79 Å². The first-order chi connectivity index (χ1) is 6.43. The highest BCUT2D eigenvalue weighted by atomic mass is 16.5. The van der Waals surface area contributed by atoms with Gasteiger partial charge in [0, 0.05) is 25.0 Å². The molecule has 0 aliphatic heterocycles. The molecular weight excluding hydrogens is 182 g/mol. The Balaban J connectivity index is 3.59. The first-order valence-corrected chi connectivity index (χ1v) is 4.53. The molecule has 14 heavy (non-hydrogen) atoms. The SMILES string of the molecule is C=C(C)C(=O)OCCC(C)NC(C)=O. The van der Waals surface area contributed by atoms with Gasteiger partial charge in [-0.15, -0.1) is 0 Å². The molecule has 0 bridgehead atoms. The molecule has 1 amide bonds. The van der Waals surface area contributed by atoms with Crippen LogP contribution in [-0.4, -0.2) is 24.5 Å². The lowest BCUT2D eigenvalue weighted by atomic mass is 10.2. The summed E-state index contributed by atoms with van der Waals surface area (Å²) in [5.74, 6) is -0.469. The molecule has 0 fully saturated rings. The van der Waals surface area contributed by atoms with Gasteiger partial charge in [0.2, 0.25) is 5.91 Å². The van der Waals surface area contributed by atoms with E-state index in [1.165, 1.54) is 6.92 Å². The van der Waals surface area contributed by atoms with E-state index in [1.807, 2.05) is 6.92 Å². The van der Waals surface area contributed by atoms with Crippen LogP contribution in [-0.2, 0) is 14.3 Å². The third-order valence-electron chi connectivity index (χ3n) is 1.58. The molecule has 0 saturated carbocycles. The zero-order chi connectivity index (χ0) is 11.1. The normalized spacial score (nSPS) is 11.6. The number of rotatable bonds is 5. The summed E-state index contributed by atoms with van der Waals surface area (Å²) in [5.41, 5.74) is 0.386. The summed E-state index contributed by atoms with van der Waals surface area (Å²) in [6.45, 7) is 8.66. The van der Waals surface area contributed by atoms with E-state index < -0.39 is 0 Å². The lowest BCUT2D eigenvalue weighted by Crippen LogP contribution is -2.31. The zero-order valence-corrected chi connectivity index (χ0v) is 8.92. The van der Waals surface area contributed by atoms with Crippen molar-refractivity contribution in [2.24, 2.45) is 0 Å². The third-order valence-corrected chi connectivity index (χ3v) is 1.58. The van der Waals surface area contributed by atoms with Gasteiger partial charge in [0.1, 0.15) is 0 Å². The van der Waals surface area contributed by atoms with Crippen molar-refractivity contribution in [1.29, 1.82) is 0 Å². The number of nitrogens with one attached hydrogen (secondary N) is 1. The van der Waals surface area contributed by atoms with E-state index >= 15 is 0 Å². The highest BCUT2D eigenvalue weighted by Gasteiger charge is 2.06. The fraction of sp³-hybridized carbons (Fsp3) is 0.600. The summed E-state index contributed by atoms with van der Waals surface area (Å²) in [5, 5.41) is 2.69. The average molecular weight is 199 g/mol. The van der Waals surface area contributed by atoms with Crippen LogP contribution in [0, 0.1) is 0 Å². The highest BCUT2D eigenvalue weighted by molar-refractivity contribution is 5.86. The molecule has 0 spiro atoms. The van der Waals surface area contributed by atoms with E-state index in [0.717, 1.165) is 0 Å². The predicted molar refractivity (Wildman–Crippen MR) is 53.7 cm³/mol. The van der Waals surface area contributed by atoms with Gasteiger partial charge >= 0.3 is 5.97 Å². The highest BCUT2D eigenvalue weighted by Crippen LogP contribution is 1.96. The number of hydrogen-bond acceptors (Lipinski definition) is 3.